The van der Waals surface area contributed by atoms with E-state index in [-0.39, 0.29) is 0 Å². The Labute approximate surface area is 191 Å². The Bertz CT molecular complexity index is 828. The van der Waals surface area contributed by atoms with Crippen molar-refractivity contribution in [1.29, 1.82) is 0 Å². The first-order valence-corrected chi connectivity index (χ1v) is 11.1. The molecule has 0 N–H and O–H groups in total. The molecule has 7 nitrogen and oxygen atoms in total. The number of nitrogens with zero attached hydrogens (tertiary/aromatic N) is 3. The highest BCUT2D eigenvalue weighted by Crippen LogP contribution is 2.28. The van der Waals surface area contributed by atoms with Crippen molar-refractivity contribution >= 4 is 6.21 Å². The summed E-state index contributed by atoms with van der Waals surface area (Å²) in [4.78, 5) is 4.61. The molecule has 2 rings (SSSR count). The summed E-state index contributed by atoms with van der Waals surface area (Å²) >= 11 is 0. The van der Waals surface area contributed by atoms with Crippen molar-refractivity contribution in [2.45, 2.75) is 52.9 Å². The highest BCUT2D eigenvalue weighted by molar-refractivity contribution is 5.75. The third-order valence-electron chi connectivity index (χ3n) is 4.75. The number of oxime groups is 1. The Kier molecular flexibility index (Phi) is 11.7. The first kappa shape index (κ1) is 25.2. The zero-order chi connectivity index (χ0) is 23.0. The fraction of sp³-hybridized carbons (Fsp3) is 0.480. The normalized spacial score (nSPS) is 11.2. The van der Waals surface area contributed by atoms with Crippen LogP contribution in [-0.2, 0) is 4.84 Å². The summed E-state index contributed by atoms with van der Waals surface area (Å²) in [6.45, 7) is 8.07. The number of hydrogen-bond acceptors (Lipinski definition) is 7. The third kappa shape index (κ3) is 9.37. The molecule has 32 heavy (non-hydrogen) atoms. The highest BCUT2D eigenvalue weighted by atomic mass is 16.6. The molecule has 0 saturated carbocycles. The average Bonchev–Trinajstić information content (AvgIpc) is 2.79. The summed E-state index contributed by atoms with van der Waals surface area (Å²) in [5.41, 5.74) is 2.85. The Hall–Kier alpha value is -3.09. The van der Waals surface area contributed by atoms with Crippen molar-refractivity contribution in [3.63, 3.8) is 0 Å². The van der Waals surface area contributed by atoms with E-state index in [1.165, 1.54) is 13.3 Å². The van der Waals surface area contributed by atoms with Crippen LogP contribution in [0, 0.1) is 13.8 Å². The zero-order valence-corrected chi connectivity index (χ0v) is 19.7. The van der Waals surface area contributed by atoms with Gasteiger partial charge in [0.1, 0.15) is 30.9 Å². The minimum atomic E-state index is 0.525. The van der Waals surface area contributed by atoms with Crippen LogP contribution in [0.1, 0.15) is 55.8 Å². The van der Waals surface area contributed by atoms with Gasteiger partial charge in [0.15, 0.2) is 0 Å². The molecular formula is C25H35N3O4. The van der Waals surface area contributed by atoms with Crippen molar-refractivity contribution in [2.75, 3.05) is 26.9 Å². The van der Waals surface area contributed by atoms with E-state index in [0.717, 1.165) is 61.3 Å². The molecule has 0 aliphatic rings. The van der Waals surface area contributed by atoms with Crippen LogP contribution in [0.5, 0.6) is 17.4 Å². The molecule has 0 spiro atoms. The van der Waals surface area contributed by atoms with Crippen LogP contribution in [0.4, 0.5) is 0 Å². The first-order valence-electron chi connectivity index (χ1n) is 11.1. The van der Waals surface area contributed by atoms with Crippen LogP contribution >= 0.6 is 0 Å². The van der Waals surface area contributed by atoms with Gasteiger partial charge in [-0.05, 0) is 62.9 Å². The lowest BCUT2D eigenvalue weighted by Crippen LogP contribution is -2.03. The van der Waals surface area contributed by atoms with Crippen LogP contribution in [0.3, 0.4) is 0 Å². The molecular weight excluding hydrogens is 406 g/mol. The van der Waals surface area contributed by atoms with Crippen molar-refractivity contribution in [3.8, 4) is 17.4 Å². The van der Waals surface area contributed by atoms with Crippen molar-refractivity contribution in [1.82, 2.24) is 10.2 Å². The van der Waals surface area contributed by atoms with Gasteiger partial charge in [0, 0.05) is 6.07 Å². The van der Waals surface area contributed by atoms with Gasteiger partial charge in [0.2, 0.25) is 5.88 Å². The van der Waals surface area contributed by atoms with Gasteiger partial charge >= 0.3 is 0 Å². The van der Waals surface area contributed by atoms with Gasteiger partial charge < -0.3 is 19.0 Å². The maximum Gasteiger partial charge on any atom is 0.233 e. The Balaban J connectivity index is 1.56. The molecule has 1 heterocycles. The summed E-state index contributed by atoms with van der Waals surface area (Å²) in [6, 6.07) is 7.65. The van der Waals surface area contributed by atoms with E-state index >= 15 is 0 Å². The fourth-order valence-corrected chi connectivity index (χ4v) is 3.13. The maximum absolute atomic E-state index is 6.04. The van der Waals surface area contributed by atoms with Crippen molar-refractivity contribution < 1.29 is 19.0 Å². The zero-order valence-electron chi connectivity index (χ0n) is 19.7. The van der Waals surface area contributed by atoms with Gasteiger partial charge in [0.05, 0.1) is 19.4 Å². The van der Waals surface area contributed by atoms with E-state index in [2.05, 4.69) is 34.0 Å². The van der Waals surface area contributed by atoms with E-state index in [1.807, 2.05) is 31.2 Å². The second kappa shape index (κ2) is 14.8. The number of ether oxygens (including phenoxy) is 3. The molecule has 1 aromatic carbocycles. The lowest BCUT2D eigenvalue weighted by Gasteiger charge is -2.14. The molecule has 0 aliphatic heterocycles. The highest BCUT2D eigenvalue weighted by Gasteiger charge is 2.07. The lowest BCUT2D eigenvalue weighted by atomic mass is 10.1. The molecule has 0 amide bonds. The second-order valence-electron chi connectivity index (χ2n) is 7.44. The predicted octanol–water partition coefficient (Wildman–Crippen LogP) is 5.44. The summed E-state index contributed by atoms with van der Waals surface area (Å²) in [6.07, 6.45) is 10.9. The SMILES string of the molecule is C/C=C/COc1cc(C)c(OCCCCCCCOc2ccc(C=NOC)nn2)c(C)c1. The average molecular weight is 442 g/mol. The predicted molar refractivity (Wildman–Crippen MR) is 127 cm³/mol. The van der Waals surface area contributed by atoms with Crippen LogP contribution in [-0.4, -0.2) is 43.3 Å². The number of allylic oxidation sites excluding steroid dienone is 1. The minimum absolute atomic E-state index is 0.525. The largest absolute Gasteiger partial charge is 0.493 e. The number of benzene rings is 1. The standard InChI is InChI=1S/C25H35N3O4/c1-5-6-14-30-23-17-20(2)25(21(3)18-23)32-16-11-9-7-8-10-15-31-24-13-12-22(27-28-24)19-26-29-4/h5-6,12-13,17-19H,7-11,14-16H2,1-4H3/b6-5+,26-19?. The molecule has 0 atom stereocenters. The molecule has 0 aliphatic carbocycles. The van der Waals surface area contributed by atoms with Gasteiger partial charge in [-0.3, -0.25) is 0 Å². The Morgan fingerprint density at radius 2 is 1.56 bits per heavy atom. The molecule has 0 saturated heterocycles. The van der Waals surface area contributed by atoms with Crippen molar-refractivity contribution in [3.05, 3.63) is 53.2 Å². The maximum atomic E-state index is 6.04. The molecule has 0 bridgehead atoms. The molecule has 174 valence electrons. The molecule has 0 radical (unpaired) electrons. The third-order valence-corrected chi connectivity index (χ3v) is 4.75. The molecule has 2 aromatic rings. The van der Waals surface area contributed by atoms with Crippen LogP contribution in [0.25, 0.3) is 0 Å². The Morgan fingerprint density at radius 3 is 2.19 bits per heavy atom. The minimum Gasteiger partial charge on any atom is -0.493 e. The first-order chi connectivity index (χ1) is 15.6. The van der Waals surface area contributed by atoms with Crippen molar-refractivity contribution in [2.24, 2.45) is 5.16 Å². The summed E-state index contributed by atoms with van der Waals surface area (Å²) in [5.74, 6) is 2.38. The smallest absolute Gasteiger partial charge is 0.233 e. The quantitative estimate of drug-likeness (QED) is 0.159. The number of aromatic nitrogens is 2. The van der Waals surface area contributed by atoms with Crippen LogP contribution in [0.2, 0.25) is 0 Å². The number of hydrogen-bond donors (Lipinski definition) is 0. The van der Waals surface area contributed by atoms with Gasteiger partial charge in [-0.2, -0.15) is 0 Å². The number of aryl methyl sites for hydroxylation is 2. The van der Waals surface area contributed by atoms with Crippen LogP contribution < -0.4 is 14.2 Å². The van der Waals surface area contributed by atoms with E-state index in [0.29, 0.717) is 24.8 Å². The topological polar surface area (TPSA) is 75.1 Å². The fourth-order valence-electron chi connectivity index (χ4n) is 3.13. The molecule has 7 heteroatoms. The van der Waals surface area contributed by atoms with E-state index in [9.17, 15) is 0 Å². The molecule has 0 fully saturated rings. The number of unbranched alkanes of at least 4 members (excludes halogenated alkanes) is 4. The lowest BCUT2D eigenvalue weighted by molar-refractivity contribution is 0.215. The van der Waals surface area contributed by atoms with E-state index in [4.69, 9.17) is 14.2 Å². The molecule has 1 aromatic heterocycles. The van der Waals surface area contributed by atoms with Gasteiger partial charge in [0.25, 0.3) is 0 Å². The van der Waals surface area contributed by atoms with E-state index in [1.54, 1.807) is 12.1 Å². The van der Waals surface area contributed by atoms with Gasteiger partial charge in [-0.15, -0.1) is 10.2 Å². The van der Waals surface area contributed by atoms with E-state index < -0.39 is 0 Å². The van der Waals surface area contributed by atoms with Gasteiger partial charge in [-0.1, -0.05) is 36.6 Å². The van der Waals surface area contributed by atoms with Crippen LogP contribution in [0.15, 0.2) is 41.6 Å². The molecule has 0 unspecified atom stereocenters. The second-order valence-corrected chi connectivity index (χ2v) is 7.44. The number of rotatable bonds is 15. The van der Waals surface area contributed by atoms with Gasteiger partial charge in [-0.25, -0.2) is 0 Å². The summed E-state index contributed by atoms with van der Waals surface area (Å²) in [7, 11) is 1.48. The monoisotopic (exact) mass is 441 g/mol. The summed E-state index contributed by atoms with van der Waals surface area (Å²) in [5, 5.41) is 11.7. The Morgan fingerprint density at radius 1 is 0.875 bits per heavy atom. The summed E-state index contributed by atoms with van der Waals surface area (Å²) < 4.78 is 17.4.